The molecule has 0 unspecified atom stereocenters. The molecule has 1 aromatic heterocycles. The van der Waals surface area contributed by atoms with Crippen molar-refractivity contribution < 1.29 is 0 Å². The van der Waals surface area contributed by atoms with E-state index >= 15 is 0 Å². The van der Waals surface area contributed by atoms with Crippen LogP contribution in [0.2, 0.25) is 0 Å². The van der Waals surface area contributed by atoms with Crippen molar-refractivity contribution in [3.05, 3.63) is 17.6 Å². The fourth-order valence-electron chi connectivity index (χ4n) is 1.71. The number of nitrogens with zero attached hydrogens (tertiary/aromatic N) is 3. The summed E-state index contributed by atoms with van der Waals surface area (Å²) in [7, 11) is 0. The second kappa shape index (κ2) is 3.92. The van der Waals surface area contributed by atoms with Crippen LogP contribution in [-0.4, -0.2) is 28.0 Å². The average Bonchev–Trinajstić information content (AvgIpc) is 2.64. The number of hydrogen-bond acceptors (Lipinski definition) is 4. The topological polar surface area (TPSA) is 55.0 Å². The number of hydrogen-bond donors (Lipinski definition) is 1. The van der Waals surface area contributed by atoms with Crippen LogP contribution in [0.25, 0.3) is 0 Å². The zero-order chi connectivity index (χ0) is 9.97. The van der Waals surface area contributed by atoms with Crippen molar-refractivity contribution >= 4 is 5.82 Å². The van der Waals surface area contributed by atoms with Gasteiger partial charge in [0.05, 0.1) is 6.54 Å². The summed E-state index contributed by atoms with van der Waals surface area (Å²) in [5, 5.41) is 0. The maximum absolute atomic E-state index is 5.73. The number of nitrogens with two attached hydrogens (primary N) is 1. The molecule has 0 atom stereocenters. The Morgan fingerprint density at radius 1 is 1.43 bits per heavy atom. The monoisotopic (exact) mass is 192 g/mol. The van der Waals surface area contributed by atoms with Crippen molar-refractivity contribution in [3.63, 3.8) is 0 Å². The quantitative estimate of drug-likeness (QED) is 0.758. The van der Waals surface area contributed by atoms with E-state index in [1.54, 1.807) is 6.20 Å². The number of nitrogen functional groups attached to an aromatic ring is 1. The highest BCUT2D eigenvalue weighted by Gasteiger charge is 2.13. The molecule has 0 saturated carbocycles. The van der Waals surface area contributed by atoms with E-state index in [-0.39, 0.29) is 0 Å². The smallest absolute Gasteiger partial charge is 0.144 e. The van der Waals surface area contributed by atoms with Crippen molar-refractivity contribution in [1.29, 1.82) is 0 Å². The van der Waals surface area contributed by atoms with E-state index < -0.39 is 0 Å². The summed E-state index contributed by atoms with van der Waals surface area (Å²) in [5.41, 5.74) is 6.68. The number of anilines is 1. The largest absolute Gasteiger partial charge is 0.383 e. The van der Waals surface area contributed by atoms with Crippen molar-refractivity contribution in [2.45, 2.75) is 26.3 Å². The van der Waals surface area contributed by atoms with Gasteiger partial charge in [-0.3, -0.25) is 4.90 Å². The van der Waals surface area contributed by atoms with E-state index in [0.717, 1.165) is 31.0 Å². The summed E-state index contributed by atoms with van der Waals surface area (Å²) in [6, 6.07) is 0. The molecule has 0 radical (unpaired) electrons. The van der Waals surface area contributed by atoms with Gasteiger partial charge in [0.1, 0.15) is 11.6 Å². The highest BCUT2D eigenvalue weighted by atomic mass is 15.2. The van der Waals surface area contributed by atoms with Gasteiger partial charge in [-0.2, -0.15) is 0 Å². The molecule has 1 aliphatic heterocycles. The number of aromatic nitrogens is 2. The van der Waals surface area contributed by atoms with Gasteiger partial charge in [0.25, 0.3) is 0 Å². The van der Waals surface area contributed by atoms with E-state index in [2.05, 4.69) is 14.9 Å². The normalized spacial score (nSPS) is 17.5. The molecule has 14 heavy (non-hydrogen) atoms. The number of rotatable bonds is 2. The molecule has 0 spiro atoms. The molecule has 0 aliphatic carbocycles. The maximum Gasteiger partial charge on any atom is 0.144 e. The van der Waals surface area contributed by atoms with Gasteiger partial charge in [0.15, 0.2) is 0 Å². The Balaban J connectivity index is 2.05. The van der Waals surface area contributed by atoms with Crippen LogP contribution >= 0.6 is 0 Å². The second-order valence-corrected chi connectivity index (χ2v) is 3.84. The third kappa shape index (κ3) is 2.01. The number of likely N-dealkylation sites (tertiary alicyclic amines) is 1. The highest BCUT2D eigenvalue weighted by Crippen LogP contribution is 2.11. The van der Waals surface area contributed by atoms with Crippen molar-refractivity contribution in [2.75, 3.05) is 18.8 Å². The van der Waals surface area contributed by atoms with Crippen LogP contribution in [0.4, 0.5) is 5.82 Å². The van der Waals surface area contributed by atoms with Crippen molar-refractivity contribution in [2.24, 2.45) is 0 Å². The molecule has 2 rings (SSSR count). The first-order valence-electron chi connectivity index (χ1n) is 5.06. The molecule has 76 valence electrons. The lowest BCUT2D eigenvalue weighted by atomic mass is 10.3. The van der Waals surface area contributed by atoms with Gasteiger partial charge in [-0.15, -0.1) is 0 Å². The molecule has 0 amide bonds. The van der Waals surface area contributed by atoms with Gasteiger partial charge in [-0.25, -0.2) is 9.97 Å². The Kier molecular flexibility index (Phi) is 2.63. The second-order valence-electron chi connectivity index (χ2n) is 3.84. The third-order valence-corrected chi connectivity index (χ3v) is 2.62. The van der Waals surface area contributed by atoms with E-state index in [1.165, 1.54) is 12.8 Å². The van der Waals surface area contributed by atoms with E-state index in [1.807, 2.05) is 6.92 Å². The summed E-state index contributed by atoms with van der Waals surface area (Å²) in [5.74, 6) is 1.45. The Hall–Kier alpha value is -1.16. The lowest BCUT2D eigenvalue weighted by Gasteiger charge is -2.13. The molecule has 2 N–H and O–H groups in total. The predicted molar refractivity (Wildman–Crippen MR) is 55.7 cm³/mol. The first-order valence-corrected chi connectivity index (χ1v) is 5.06. The van der Waals surface area contributed by atoms with Crippen LogP contribution in [0, 0.1) is 6.92 Å². The molecule has 4 heteroatoms. The third-order valence-electron chi connectivity index (χ3n) is 2.62. The molecule has 0 aromatic carbocycles. The fourth-order valence-corrected chi connectivity index (χ4v) is 1.71. The average molecular weight is 192 g/mol. The zero-order valence-electron chi connectivity index (χ0n) is 8.53. The van der Waals surface area contributed by atoms with Crippen LogP contribution in [0.5, 0.6) is 0 Å². The van der Waals surface area contributed by atoms with Gasteiger partial charge < -0.3 is 5.73 Å². The van der Waals surface area contributed by atoms with E-state index in [0.29, 0.717) is 5.82 Å². The standard InChI is InChI=1S/C10H16N4/c1-8-6-12-9(13-10(8)11)7-14-4-2-3-5-14/h6H,2-5,7H2,1H3,(H2,11,12,13). The highest BCUT2D eigenvalue weighted by molar-refractivity contribution is 5.35. The lowest BCUT2D eigenvalue weighted by molar-refractivity contribution is 0.322. The van der Waals surface area contributed by atoms with E-state index in [4.69, 9.17) is 5.73 Å². The SMILES string of the molecule is Cc1cnc(CN2CCCC2)nc1N. The van der Waals surface area contributed by atoms with Gasteiger partial charge in [-0.1, -0.05) is 0 Å². The van der Waals surface area contributed by atoms with Crippen molar-refractivity contribution in [3.8, 4) is 0 Å². The summed E-state index contributed by atoms with van der Waals surface area (Å²) in [6.07, 6.45) is 4.39. The van der Waals surface area contributed by atoms with Gasteiger partial charge >= 0.3 is 0 Å². The molecular weight excluding hydrogens is 176 g/mol. The first-order chi connectivity index (χ1) is 6.75. The summed E-state index contributed by atoms with van der Waals surface area (Å²) in [6.45, 7) is 5.09. The van der Waals surface area contributed by atoms with Crippen LogP contribution in [-0.2, 0) is 6.54 Å². The van der Waals surface area contributed by atoms with Crippen molar-refractivity contribution in [1.82, 2.24) is 14.9 Å². The minimum atomic E-state index is 0.606. The Bertz CT molecular complexity index is 318. The molecule has 4 nitrogen and oxygen atoms in total. The Morgan fingerprint density at radius 3 is 2.79 bits per heavy atom. The lowest BCUT2D eigenvalue weighted by Crippen LogP contribution is -2.20. The zero-order valence-corrected chi connectivity index (χ0v) is 8.53. The summed E-state index contributed by atoms with van der Waals surface area (Å²) >= 11 is 0. The minimum Gasteiger partial charge on any atom is -0.383 e. The van der Waals surface area contributed by atoms with E-state index in [9.17, 15) is 0 Å². The minimum absolute atomic E-state index is 0.606. The molecule has 1 aromatic rings. The van der Waals surface area contributed by atoms with Gasteiger partial charge in [0, 0.05) is 11.8 Å². The molecule has 2 heterocycles. The number of aryl methyl sites for hydroxylation is 1. The molecule has 1 aliphatic rings. The van der Waals surface area contributed by atoms with Crippen LogP contribution in [0.1, 0.15) is 24.2 Å². The summed E-state index contributed by atoms with van der Waals surface area (Å²) in [4.78, 5) is 10.9. The predicted octanol–water partition coefficient (Wildman–Crippen LogP) is 0.963. The van der Waals surface area contributed by atoms with Crippen LogP contribution in [0.3, 0.4) is 0 Å². The van der Waals surface area contributed by atoms with Gasteiger partial charge in [0.2, 0.25) is 0 Å². The van der Waals surface area contributed by atoms with Crippen LogP contribution in [0.15, 0.2) is 6.20 Å². The Morgan fingerprint density at radius 2 is 2.14 bits per heavy atom. The molecular formula is C10H16N4. The van der Waals surface area contributed by atoms with Gasteiger partial charge in [-0.05, 0) is 32.9 Å². The fraction of sp³-hybridized carbons (Fsp3) is 0.600. The molecule has 1 saturated heterocycles. The molecule has 1 fully saturated rings. The maximum atomic E-state index is 5.73. The van der Waals surface area contributed by atoms with Crippen LogP contribution < -0.4 is 5.73 Å². The first kappa shape index (κ1) is 9.40. The molecule has 0 bridgehead atoms. The Labute approximate surface area is 84.2 Å². The summed E-state index contributed by atoms with van der Waals surface area (Å²) < 4.78 is 0.